The van der Waals surface area contributed by atoms with Crippen LogP contribution in [0.5, 0.6) is 17.2 Å². The molecule has 6 nitrogen and oxygen atoms in total. The lowest BCUT2D eigenvalue weighted by Crippen LogP contribution is -2.43. The lowest BCUT2D eigenvalue weighted by molar-refractivity contribution is -0.126. The summed E-state index contributed by atoms with van der Waals surface area (Å²) in [5.74, 6) is 0.431. The van der Waals surface area contributed by atoms with Crippen molar-refractivity contribution < 1.29 is 23.8 Å². The van der Waals surface area contributed by atoms with E-state index in [2.05, 4.69) is 0 Å². The average molecular weight is 483 g/mol. The van der Waals surface area contributed by atoms with Crippen molar-refractivity contribution in [1.29, 1.82) is 0 Å². The fraction of sp³-hybridized carbons (Fsp3) is 0.269. The van der Waals surface area contributed by atoms with E-state index >= 15 is 0 Å². The fourth-order valence-corrected chi connectivity index (χ4v) is 5.03. The summed E-state index contributed by atoms with van der Waals surface area (Å²) >= 11 is 1.31. The molecular weight excluding hydrogens is 455 g/mol. The summed E-state index contributed by atoms with van der Waals surface area (Å²) < 4.78 is 25.5. The smallest absolute Gasteiger partial charge is 0.257 e. The van der Waals surface area contributed by atoms with Crippen LogP contribution in [0.2, 0.25) is 0 Å². The highest BCUT2D eigenvalue weighted by atomic mass is 32.2. The standard InChI is InChI=1S/C26H27FN2O4S/c1-28(2)13-14-29-21-11-10-19(33-18-7-5-4-6-8-18)16-23(21)34-25(24(30)26(29)31)17-9-12-22(32-3)20(27)15-17/h4-12,15-16,24-25,30H,13-14H2,1-3H3/t24-,25+/m0/s1. The van der Waals surface area contributed by atoms with Crippen LogP contribution in [-0.2, 0) is 4.79 Å². The van der Waals surface area contributed by atoms with Gasteiger partial charge in [0.15, 0.2) is 11.6 Å². The first-order valence-electron chi connectivity index (χ1n) is 10.9. The van der Waals surface area contributed by atoms with Gasteiger partial charge in [-0.1, -0.05) is 24.3 Å². The second kappa shape index (κ2) is 10.5. The number of anilines is 1. The number of para-hydroxylation sites is 1. The fourth-order valence-electron chi connectivity index (χ4n) is 3.75. The highest BCUT2D eigenvalue weighted by Crippen LogP contribution is 2.47. The van der Waals surface area contributed by atoms with Gasteiger partial charge >= 0.3 is 0 Å². The topological polar surface area (TPSA) is 62.2 Å². The molecule has 0 radical (unpaired) electrons. The monoisotopic (exact) mass is 482 g/mol. The molecule has 1 aliphatic heterocycles. The van der Waals surface area contributed by atoms with Crippen LogP contribution in [0.4, 0.5) is 10.1 Å². The summed E-state index contributed by atoms with van der Waals surface area (Å²) in [5.41, 5.74) is 1.19. The Hall–Kier alpha value is -3.07. The number of aliphatic hydroxyl groups excluding tert-OH is 1. The molecule has 34 heavy (non-hydrogen) atoms. The third-order valence-electron chi connectivity index (χ3n) is 5.54. The molecule has 2 atom stereocenters. The minimum absolute atomic E-state index is 0.106. The molecule has 1 heterocycles. The first-order valence-corrected chi connectivity index (χ1v) is 11.8. The molecule has 0 bridgehead atoms. The number of carbonyl (C=O) groups is 1. The third kappa shape index (κ3) is 5.19. The quantitative estimate of drug-likeness (QED) is 0.526. The van der Waals surface area contributed by atoms with Crippen molar-refractivity contribution in [2.24, 2.45) is 0 Å². The Morgan fingerprint density at radius 1 is 1.06 bits per heavy atom. The van der Waals surface area contributed by atoms with E-state index in [0.29, 0.717) is 35.8 Å². The molecule has 178 valence electrons. The first-order chi connectivity index (χ1) is 16.4. The molecular formula is C26H27FN2O4S. The van der Waals surface area contributed by atoms with Crippen LogP contribution in [0.3, 0.4) is 0 Å². The number of benzene rings is 3. The summed E-state index contributed by atoms with van der Waals surface area (Å²) in [7, 11) is 5.24. The van der Waals surface area contributed by atoms with Crippen molar-refractivity contribution in [1.82, 2.24) is 4.90 Å². The van der Waals surface area contributed by atoms with E-state index in [1.54, 1.807) is 11.0 Å². The highest BCUT2D eigenvalue weighted by molar-refractivity contribution is 7.99. The number of thioether (sulfide) groups is 1. The van der Waals surface area contributed by atoms with Crippen molar-refractivity contribution in [3.05, 3.63) is 78.1 Å². The molecule has 3 aromatic carbocycles. The van der Waals surface area contributed by atoms with Crippen molar-refractivity contribution in [2.75, 3.05) is 39.2 Å². The second-order valence-electron chi connectivity index (χ2n) is 8.22. The molecule has 3 aromatic rings. The number of nitrogens with zero attached hydrogens (tertiary/aromatic N) is 2. The molecule has 0 unspecified atom stereocenters. The Balaban J connectivity index is 1.74. The molecule has 1 aliphatic rings. The molecule has 1 amide bonds. The number of hydrogen-bond acceptors (Lipinski definition) is 6. The zero-order valence-electron chi connectivity index (χ0n) is 19.3. The Morgan fingerprint density at radius 2 is 1.82 bits per heavy atom. The Kier molecular flexibility index (Phi) is 7.41. The highest BCUT2D eigenvalue weighted by Gasteiger charge is 2.37. The van der Waals surface area contributed by atoms with Gasteiger partial charge in [0.05, 0.1) is 18.0 Å². The van der Waals surface area contributed by atoms with Gasteiger partial charge in [-0.25, -0.2) is 4.39 Å². The van der Waals surface area contributed by atoms with Gasteiger partial charge in [0.2, 0.25) is 0 Å². The number of likely N-dealkylation sites (N-methyl/N-ethyl adjacent to an activating group) is 1. The molecule has 0 fully saturated rings. The summed E-state index contributed by atoms with van der Waals surface area (Å²) in [4.78, 5) is 17.7. The number of carbonyl (C=O) groups excluding carboxylic acids is 1. The molecule has 0 aromatic heterocycles. The van der Waals surface area contributed by atoms with Crippen LogP contribution in [0, 0.1) is 5.82 Å². The molecule has 1 N–H and O–H groups in total. The van der Waals surface area contributed by atoms with E-state index < -0.39 is 23.1 Å². The van der Waals surface area contributed by atoms with Crippen molar-refractivity contribution in [2.45, 2.75) is 16.2 Å². The van der Waals surface area contributed by atoms with Gasteiger partial charge in [0.1, 0.15) is 17.6 Å². The van der Waals surface area contributed by atoms with Crippen LogP contribution < -0.4 is 14.4 Å². The maximum Gasteiger partial charge on any atom is 0.257 e. The lowest BCUT2D eigenvalue weighted by Gasteiger charge is -2.26. The first kappa shape index (κ1) is 24.1. The van der Waals surface area contributed by atoms with E-state index in [-0.39, 0.29) is 5.75 Å². The Labute approximate surface area is 202 Å². The van der Waals surface area contributed by atoms with Crippen LogP contribution in [-0.4, -0.2) is 56.3 Å². The van der Waals surface area contributed by atoms with Crippen LogP contribution >= 0.6 is 11.8 Å². The van der Waals surface area contributed by atoms with Crippen molar-refractivity contribution >= 4 is 23.4 Å². The SMILES string of the molecule is COc1ccc([C@H]2Sc3cc(Oc4ccccc4)ccc3N(CCN(C)C)C(=O)[C@H]2O)cc1F. The zero-order chi connectivity index (χ0) is 24.2. The number of amides is 1. The molecule has 0 spiro atoms. The Morgan fingerprint density at radius 3 is 2.50 bits per heavy atom. The number of halogens is 1. The molecule has 0 aliphatic carbocycles. The van der Waals surface area contributed by atoms with Crippen LogP contribution in [0.25, 0.3) is 0 Å². The van der Waals surface area contributed by atoms with Gasteiger partial charge in [-0.2, -0.15) is 0 Å². The molecule has 0 saturated heterocycles. The third-order valence-corrected chi connectivity index (χ3v) is 6.90. The summed E-state index contributed by atoms with van der Waals surface area (Å²) in [6.07, 6.45) is -1.36. The molecule has 0 saturated carbocycles. The number of hydrogen-bond donors (Lipinski definition) is 1. The maximum absolute atomic E-state index is 14.5. The van der Waals surface area contributed by atoms with Crippen LogP contribution in [0.15, 0.2) is 71.6 Å². The van der Waals surface area contributed by atoms with Gasteiger partial charge in [-0.15, -0.1) is 11.8 Å². The molecule has 4 rings (SSSR count). The van der Waals surface area contributed by atoms with E-state index in [4.69, 9.17) is 9.47 Å². The maximum atomic E-state index is 14.5. The van der Waals surface area contributed by atoms with E-state index in [1.807, 2.05) is 67.5 Å². The number of aliphatic hydroxyl groups is 1. The largest absolute Gasteiger partial charge is 0.494 e. The zero-order valence-corrected chi connectivity index (χ0v) is 20.1. The minimum Gasteiger partial charge on any atom is -0.494 e. The number of methoxy groups -OCH3 is 1. The average Bonchev–Trinajstić information content (AvgIpc) is 2.93. The van der Waals surface area contributed by atoms with E-state index in [1.165, 1.54) is 31.0 Å². The van der Waals surface area contributed by atoms with Gasteiger partial charge < -0.3 is 24.4 Å². The number of ether oxygens (including phenoxy) is 2. The second-order valence-corrected chi connectivity index (χ2v) is 9.40. The van der Waals surface area contributed by atoms with Gasteiger partial charge in [-0.05, 0) is 62.1 Å². The summed E-state index contributed by atoms with van der Waals surface area (Å²) in [6.45, 7) is 1.02. The van der Waals surface area contributed by atoms with Crippen molar-refractivity contribution in [3.63, 3.8) is 0 Å². The minimum atomic E-state index is -1.36. The van der Waals surface area contributed by atoms with E-state index in [9.17, 15) is 14.3 Å². The van der Waals surface area contributed by atoms with Gasteiger partial charge in [0.25, 0.3) is 5.91 Å². The predicted octanol–water partition coefficient (Wildman–Crippen LogP) is 4.73. The summed E-state index contributed by atoms with van der Waals surface area (Å²) in [5, 5.41) is 10.4. The predicted molar refractivity (Wildman–Crippen MR) is 131 cm³/mol. The molecule has 8 heteroatoms. The van der Waals surface area contributed by atoms with E-state index in [0.717, 1.165) is 4.90 Å². The van der Waals surface area contributed by atoms with Crippen molar-refractivity contribution in [3.8, 4) is 17.2 Å². The van der Waals surface area contributed by atoms with Gasteiger partial charge in [0, 0.05) is 18.0 Å². The Bertz CT molecular complexity index is 1160. The van der Waals surface area contributed by atoms with Crippen LogP contribution in [0.1, 0.15) is 10.8 Å². The number of rotatable bonds is 7. The lowest BCUT2D eigenvalue weighted by atomic mass is 10.1. The number of fused-ring (bicyclic) bond motifs is 1. The normalized spacial score (nSPS) is 17.9. The summed E-state index contributed by atoms with van der Waals surface area (Å²) in [6, 6.07) is 19.4. The van der Waals surface area contributed by atoms with Gasteiger partial charge in [-0.3, -0.25) is 4.79 Å².